The fourth-order valence-electron chi connectivity index (χ4n) is 5.05. The maximum atomic E-state index is 9.58. The number of ether oxygens (including phenoxy) is 1. The number of benzene rings is 2. The highest BCUT2D eigenvalue weighted by atomic mass is 16.5. The van der Waals surface area contributed by atoms with E-state index in [1.54, 1.807) is 12.1 Å². The summed E-state index contributed by atoms with van der Waals surface area (Å²) in [6.45, 7) is 4.01. The minimum Gasteiger partial charge on any atom is -0.490 e. The van der Waals surface area contributed by atoms with Gasteiger partial charge in [0.05, 0.1) is 18.3 Å². The Labute approximate surface area is 187 Å². The summed E-state index contributed by atoms with van der Waals surface area (Å²) in [5, 5.41) is 27.0. The van der Waals surface area contributed by atoms with Gasteiger partial charge in [0.2, 0.25) is 5.82 Å². The lowest BCUT2D eigenvalue weighted by Gasteiger charge is -2.26. The molecule has 7 nitrogen and oxygen atoms in total. The van der Waals surface area contributed by atoms with E-state index in [0.717, 1.165) is 31.2 Å². The van der Waals surface area contributed by atoms with E-state index in [9.17, 15) is 10.4 Å². The molecule has 32 heavy (non-hydrogen) atoms. The van der Waals surface area contributed by atoms with Crippen molar-refractivity contribution in [3.05, 3.63) is 53.1 Å². The molecule has 1 aromatic heterocycles. The van der Waals surface area contributed by atoms with Gasteiger partial charge < -0.3 is 19.7 Å². The number of aromatic nitrogens is 2. The lowest BCUT2D eigenvalue weighted by molar-refractivity contribution is 0.238. The van der Waals surface area contributed by atoms with Crippen molar-refractivity contribution >= 4 is 0 Å². The van der Waals surface area contributed by atoms with E-state index in [1.165, 1.54) is 11.1 Å². The number of hydrogen-bond donors (Lipinski definition) is 2. The van der Waals surface area contributed by atoms with Gasteiger partial charge >= 0.3 is 0 Å². The number of aliphatic hydroxyl groups is 1. The van der Waals surface area contributed by atoms with Crippen LogP contribution in [0.25, 0.3) is 22.8 Å². The van der Waals surface area contributed by atoms with Crippen LogP contribution in [-0.4, -0.2) is 34.0 Å². The molecule has 0 amide bonds. The maximum absolute atomic E-state index is 9.58. The van der Waals surface area contributed by atoms with Gasteiger partial charge in [0.1, 0.15) is 11.8 Å². The van der Waals surface area contributed by atoms with Gasteiger partial charge in [-0.25, -0.2) is 0 Å². The van der Waals surface area contributed by atoms with Crippen LogP contribution in [0.5, 0.6) is 5.75 Å². The molecule has 1 aliphatic heterocycles. The van der Waals surface area contributed by atoms with E-state index in [2.05, 4.69) is 27.6 Å². The quantitative estimate of drug-likeness (QED) is 0.631. The average molecular weight is 431 g/mol. The van der Waals surface area contributed by atoms with E-state index < -0.39 is 0 Å². The molecule has 2 N–H and O–H groups in total. The second-order valence-corrected chi connectivity index (χ2v) is 8.89. The van der Waals surface area contributed by atoms with Crippen molar-refractivity contribution < 1.29 is 14.4 Å². The van der Waals surface area contributed by atoms with Crippen molar-refractivity contribution in [2.45, 2.75) is 57.2 Å². The average Bonchev–Trinajstić information content (AvgIpc) is 3.53. The summed E-state index contributed by atoms with van der Waals surface area (Å²) >= 11 is 0. The van der Waals surface area contributed by atoms with Crippen molar-refractivity contribution in [2.75, 3.05) is 6.61 Å². The predicted octanol–water partition coefficient (Wildman–Crippen LogP) is 3.95. The zero-order valence-corrected chi connectivity index (χ0v) is 18.3. The first-order chi connectivity index (χ1) is 15.5. The molecular weight excluding hydrogens is 404 g/mol. The minimum atomic E-state index is -0.0702. The second kappa shape index (κ2) is 8.05. The van der Waals surface area contributed by atoms with Crippen LogP contribution in [0.3, 0.4) is 0 Å². The highest BCUT2D eigenvalue weighted by Crippen LogP contribution is 2.46. The Hall–Kier alpha value is -3.21. The van der Waals surface area contributed by atoms with Crippen molar-refractivity contribution in [2.24, 2.45) is 0 Å². The first-order valence-corrected chi connectivity index (χ1v) is 11.1. The summed E-state index contributed by atoms with van der Waals surface area (Å²) in [4.78, 5) is 4.65. The summed E-state index contributed by atoms with van der Waals surface area (Å²) in [6, 6.07) is 13.9. The Kier molecular flexibility index (Phi) is 5.20. The predicted molar refractivity (Wildman–Crippen MR) is 119 cm³/mol. The fraction of sp³-hybridized carbons (Fsp3) is 0.400. The van der Waals surface area contributed by atoms with Gasteiger partial charge in [-0.2, -0.15) is 10.2 Å². The zero-order valence-electron chi connectivity index (χ0n) is 18.3. The van der Waals surface area contributed by atoms with E-state index in [4.69, 9.17) is 9.26 Å². The summed E-state index contributed by atoms with van der Waals surface area (Å²) < 4.78 is 11.3. The van der Waals surface area contributed by atoms with Crippen LogP contribution in [-0.2, 0) is 12.0 Å². The van der Waals surface area contributed by atoms with Gasteiger partial charge in [0.25, 0.3) is 5.89 Å². The molecule has 2 atom stereocenters. The topological polar surface area (TPSA) is 104 Å². The molecule has 2 aromatic carbocycles. The van der Waals surface area contributed by atoms with Crippen LogP contribution >= 0.6 is 0 Å². The van der Waals surface area contributed by atoms with Crippen LogP contribution < -0.4 is 10.1 Å². The summed E-state index contributed by atoms with van der Waals surface area (Å²) in [7, 11) is 0. The monoisotopic (exact) mass is 430 g/mol. The Morgan fingerprint density at radius 3 is 2.94 bits per heavy atom. The van der Waals surface area contributed by atoms with Gasteiger partial charge in [0.15, 0.2) is 0 Å². The molecule has 164 valence electrons. The lowest BCUT2D eigenvalue weighted by Crippen LogP contribution is -2.40. The third-order valence-corrected chi connectivity index (χ3v) is 6.49. The molecule has 0 radical (unpaired) electrons. The molecule has 2 aliphatic rings. The van der Waals surface area contributed by atoms with E-state index in [-0.39, 0.29) is 24.3 Å². The molecule has 1 unspecified atom stereocenters. The van der Waals surface area contributed by atoms with Gasteiger partial charge in [0, 0.05) is 22.7 Å². The Balaban J connectivity index is 1.47. The molecule has 5 rings (SSSR count). The second-order valence-electron chi connectivity index (χ2n) is 8.89. The Bertz CT molecular complexity index is 1200. The van der Waals surface area contributed by atoms with Crippen LogP contribution in [0, 0.1) is 11.3 Å². The van der Waals surface area contributed by atoms with E-state index in [0.29, 0.717) is 28.6 Å². The van der Waals surface area contributed by atoms with Crippen LogP contribution in [0.4, 0.5) is 0 Å². The van der Waals surface area contributed by atoms with Crippen molar-refractivity contribution in [3.8, 4) is 34.7 Å². The van der Waals surface area contributed by atoms with Crippen LogP contribution in [0.1, 0.15) is 49.8 Å². The molecule has 0 saturated carbocycles. The SMILES string of the molecule is CC(C)Oc1ccc(-c2nc(-c3cccc4c3CC[C@]43CCC(CO)N3)no2)cc1C#N. The summed E-state index contributed by atoms with van der Waals surface area (Å²) in [5.74, 6) is 1.46. The van der Waals surface area contributed by atoms with Crippen LogP contribution in [0.2, 0.25) is 0 Å². The molecule has 1 fully saturated rings. The van der Waals surface area contributed by atoms with Crippen molar-refractivity contribution in [1.82, 2.24) is 15.5 Å². The molecule has 2 heterocycles. The minimum absolute atomic E-state index is 0.0200. The lowest BCUT2D eigenvalue weighted by atomic mass is 9.89. The third kappa shape index (κ3) is 3.46. The number of nitriles is 1. The normalized spacial score (nSPS) is 21.8. The van der Waals surface area contributed by atoms with E-state index in [1.807, 2.05) is 32.0 Å². The van der Waals surface area contributed by atoms with E-state index >= 15 is 0 Å². The Morgan fingerprint density at radius 1 is 1.31 bits per heavy atom. The molecule has 1 aliphatic carbocycles. The number of nitrogens with zero attached hydrogens (tertiary/aromatic N) is 3. The first-order valence-electron chi connectivity index (χ1n) is 11.1. The standard InChI is InChI=1S/C25H26N4O3/c1-15(2)31-22-7-6-16(12-17(22)13-26)24-27-23(29-32-24)20-4-3-5-21-19(20)9-11-25(21)10-8-18(14-30)28-25/h3-7,12,15,18,28,30H,8-11,14H2,1-2H3/t18?,25-/m1/s1. The number of rotatable bonds is 5. The van der Waals surface area contributed by atoms with Crippen LogP contribution in [0.15, 0.2) is 40.9 Å². The maximum Gasteiger partial charge on any atom is 0.258 e. The van der Waals surface area contributed by atoms with Gasteiger partial charge in [-0.15, -0.1) is 0 Å². The highest BCUT2D eigenvalue weighted by Gasteiger charge is 2.44. The first kappa shape index (κ1) is 20.7. The number of hydrogen-bond acceptors (Lipinski definition) is 7. The third-order valence-electron chi connectivity index (χ3n) is 6.49. The summed E-state index contributed by atoms with van der Waals surface area (Å²) in [5.41, 5.74) is 4.54. The van der Waals surface area contributed by atoms with Crippen molar-refractivity contribution in [1.29, 1.82) is 5.26 Å². The fourth-order valence-corrected chi connectivity index (χ4v) is 5.05. The van der Waals surface area contributed by atoms with Gasteiger partial charge in [-0.1, -0.05) is 23.4 Å². The largest absolute Gasteiger partial charge is 0.490 e. The zero-order chi connectivity index (χ0) is 22.3. The smallest absolute Gasteiger partial charge is 0.258 e. The number of aliphatic hydroxyl groups excluding tert-OH is 1. The molecule has 7 heteroatoms. The van der Waals surface area contributed by atoms with Gasteiger partial charge in [-0.05, 0) is 68.9 Å². The molecule has 1 saturated heterocycles. The summed E-state index contributed by atoms with van der Waals surface area (Å²) in [6.07, 6.45) is 3.91. The molecule has 3 aromatic rings. The molecular formula is C25H26N4O3. The molecule has 1 spiro atoms. The van der Waals surface area contributed by atoms with Crippen molar-refractivity contribution in [3.63, 3.8) is 0 Å². The Morgan fingerprint density at radius 2 is 2.19 bits per heavy atom. The molecule has 0 bridgehead atoms. The van der Waals surface area contributed by atoms with Gasteiger partial charge in [-0.3, -0.25) is 0 Å². The highest BCUT2D eigenvalue weighted by molar-refractivity contribution is 5.67. The number of fused-ring (bicyclic) bond motifs is 2. The number of nitrogens with one attached hydrogen (secondary N) is 1.